The molecule has 7 nitrogen and oxygen atoms in total. The van der Waals surface area contributed by atoms with E-state index < -0.39 is 11.9 Å². The number of nitrogen functional groups attached to an aromatic ring is 1. The highest BCUT2D eigenvalue weighted by atomic mass is 16.4. The van der Waals surface area contributed by atoms with E-state index in [0.29, 0.717) is 0 Å². The van der Waals surface area contributed by atoms with Crippen molar-refractivity contribution in [2.24, 2.45) is 0 Å². The standard InChI is InChI=1S/C18H17N3.C4H6O4/c19-17-14-8-4-5-9-16(14)20-18-15(17)10-11-21(18)12-13-6-2-1-3-7-13;5-3(6)1-2-4(7)8/h1-9H,10-12H2,(H2,19,20);1-2H2,(H,5,6)(H,7,8). The molecule has 2 heterocycles. The van der Waals surface area contributed by atoms with Crippen LogP contribution in [0.15, 0.2) is 54.6 Å². The van der Waals surface area contributed by atoms with Crippen LogP contribution in [0, 0.1) is 0 Å². The molecule has 0 unspecified atom stereocenters. The van der Waals surface area contributed by atoms with Gasteiger partial charge in [0, 0.05) is 29.7 Å². The zero-order valence-electron chi connectivity index (χ0n) is 15.9. The monoisotopic (exact) mass is 393 g/mol. The molecule has 0 amide bonds. The fraction of sp³-hybridized carbons (Fsp3) is 0.227. The van der Waals surface area contributed by atoms with E-state index in [2.05, 4.69) is 35.2 Å². The average Bonchev–Trinajstić information content (AvgIpc) is 3.11. The Morgan fingerprint density at radius 2 is 1.59 bits per heavy atom. The number of benzene rings is 2. The van der Waals surface area contributed by atoms with Crippen molar-refractivity contribution in [3.8, 4) is 0 Å². The van der Waals surface area contributed by atoms with Crippen LogP contribution in [-0.2, 0) is 22.6 Å². The summed E-state index contributed by atoms with van der Waals surface area (Å²) in [5.41, 5.74) is 10.7. The van der Waals surface area contributed by atoms with Gasteiger partial charge < -0.3 is 20.8 Å². The molecule has 7 heteroatoms. The van der Waals surface area contributed by atoms with Crippen molar-refractivity contribution >= 4 is 34.3 Å². The number of fused-ring (bicyclic) bond motifs is 2. The SMILES string of the molecule is Nc1c2c(nc3ccccc13)N(Cc1ccccc1)CC2.O=C(O)CCC(=O)O. The number of carbonyl (C=O) groups is 2. The number of para-hydroxylation sites is 1. The molecule has 0 fully saturated rings. The van der Waals surface area contributed by atoms with Gasteiger partial charge in [-0.25, -0.2) is 4.98 Å². The zero-order valence-corrected chi connectivity index (χ0v) is 15.9. The third kappa shape index (κ3) is 5.01. The van der Waals surface area contributed by atoms with Crippen molar-refractivity contribution in [3.05, 3.63) is 65.7 Å². The van der Waals surface area contributed by atoms with Gasteiger partial charge in [-0.15, -0.1) is 0 Å². The number of hydrogen-bond donors (Lipinski definition) is 3. The number of carboxylic acids is 2. The molecule has 0 saturated heterocycles. The molecular weight excluding hydrogens is 370 g/mol. The van der Waals surface area contributed by atoms with Gasteiger partial charge in [0.15, 0.2) is 0 Å². The van der Waals surface area contributed by atoms with Crippen molar-refractivity contribution in [1.29, 1.82) is 0 Å². The van der Waals surface area contributed by atoms with Crippen molar-refractivity contribution in [2.45, 2.75) is 25.8 Å². The highest BCUT2D eigenvalue weighted by Gasteiger charge is 2.24. The Hall–Kier alpha value is -3.61. The van der Waals surface area contributed by atoms with Gasteiger partial charge in [-0.1, -0.05) is 48.5 Å². The molecule has 3 aromatic rings. The van der Waals surface area contributed by atoms with Crippen LogP contribution in [0.5, 0.6) is 0 Å². The van der Waals surface area contributed by atoms with Gasteiger partial charge in [-0.3, -0.25) is 9.59 Å². The Morgan fingerprint density at radius 1 is 0.966 bits per heavy atom. The second-order valence-electron chi connectivity index (χ2n) is 6.79. The van der Waals surface area contributed by atoms with Gasteiger partial charge in [0.25, 0.3) is 0 Å². The van der Waals surface area contributed by atoms with Crippen LogP contribution in [0.2, 0.25) is 0 Å². The molecule has 29 heavy (non-hydrogen) atoms. The molecule has 1 aliphatic rings. The predicted molar refractivity (Wildman–Crippen MR) is 112 cm³/mol. The first-order chi connectivity index (χ1) is 14.0. The summed E-state index contributed by atoms with van der Waals surface area (Å²) in [4.78, 5) is 26.4. The number of nitrogens with two attached hydrogens (primary N) is 1. The molecule has 0 spiro atoms. The first-order valence-corrected chi connectivity index (χ1v) is 9.35. The molecular formula is C22H23N3O4. The molecule has 0 saturated carbocycles. The molecule has 4 rings (SSSR count). The summed E-state index contributed by atoms with van der Waals surface area (Å²) in [5, 5.41) is 16.9. The first kappa shape index (κ1) is 20.1. The lowest BCUT2D eigenvalue weighted by atomic mass is 10.1. The first-order valence-electron chi connectivity index (χ1n) is 9.35. The van der Waals surface area contributed by atoms with E-state index in [9.17, 15) is 9.59 Å². The smallest absolute Gasteiger partial charge is 0.303 e. The molecule has 1 aromatic heterocycles. The van der Waals surface area contributed by atoms with E-state index in [0.717, 1.165) is 41.9 Å². The number of rotatable bonds is 5. The van der Waals surface area contributed by atoms with Crippen LogP contribution < -0.4 is 10.6 Å². The maximum atomic E-state index is 9.64. The van der Waals surface area contributed by atoms with Gasteiger partial charge in [0.05, 0.1) is 18.4 Å². The Kier molecular flexibility index (Phi) is 6.29. The number of pyridine rings is 1. The van der Waals surface area contributed by atoms with Crippen LogP contribution >= 0.6 is 0 Å². The van der Waals surface area contributed by atoms with Crippen molar-refractivity contribution < 1.29 is 19.8 Å². The van der Waals surface area contributed by atoms with E-state index in [1.807, 2.05) is 24.3 Å². The number of carboxylic acid groups (broad SMARTS) is 2. The maximum Gasteiger partial charge on any atom is 0.303 e. The fourth-order valence-electron chi connectivity index (χ4n) is 3.30. The summed E-state index contributed by atoms with van der Waals surface area (Å²) in [6, 6.07) is 18.6. The molecule has 0 radical (unpaired) electrons. The number of aromatic nitrogens is 1. The normalized spacial score (nSPS) is 12.2. The highest BCUT2D eigenvalue weighted by Crippen LogP contribution is 2.36. The lowest BCUT2D eigenvalue weighted by Gasteiger charge is -2.19. The second kappa shape index (κ2) is 9.05. The van der Waals surface area contributed by atoms with Gasteiger partial charge in [0.2, 0.25) is 0 Å². The van der Waals surface area contributed by atoms with Crippen LogP contribution in [-0.4, -0.2) is 33.7 Å². The minimum Gasteiger partial charge on any atom is -0.481 e. The largest absolute Gasteiger partial charge is 0.481 e. The average molecular weight is 393 g/mol. The van der Waals surface area contributed by atoms with Crippen molar-refractivity contribution in [2.75, 3.05) is 17.2 Å². The summed E-state index contributed by atoms with van der Waals surface area (Å²) < 4.78 is 0. The number of aliphatic carboxylic acids is 2. The topological polar surface area (TPSA) is 117 Å². The summed E-state index contributed by atoms with van der Waals surface area (Å²) in [5.74, 6) is -1.10. The quantitative estimate of drug-likeness (QED) is 0.609. The summed E-state index contributed by atoms with van der Waals surface area (Å²) in [7, 11) is 0. The number of anilines is 2. The molecule has 0 atom stereocenters. The Labute approximate surface area is 168 Å². The lowest BCUT2D eigenvalue weighted by molar-refractivity contribution is -0.143. The molecule has 0 bridgehead atoms. The minimum absolute atomic E-state index is 0.296. The highest BCUT2D eigenvalue weighted by molar-refractivity contribution is 5.95. The van der Waals surface area contributed by atoms with Gasteiger partial charge in [-0.05, 0) is 18.1 Å². The molecule has 150 valence electrons. The van der Waals surface area contributed by atoms with E-state index in [1.54, 1.807) is 0 Å². The fourth-order valence-corrected chi connectivity index (χ4v) is 3.30. The number of hydrogen-bond acceptors (Lipinski definition) is 5. The second-order valence-corrected chi connectivity index (χ2v) is 6.79. The van der Waals surface area contributed by atoms with Gasteiger partial charge >= 0.3 is 11.9 Å². The van der Waals surface area contributed by atoms with Gasteiger partial charge in [-0.2, -0.15) is 0 Å². The third-order valence-corrected chi connectivity index (χ3v) is 4.72. The summed E-state index contributed by atoms with van der Waals surface area (Å²) in [6.45, 7) is 1.87. The summed E-state index contributed by atoms with van der Waals surface area (Å²) >= 11 is 0. The van der Waals surface area contributed by atoms with Crippen molar-refractivity contribution in [1.82, 2.24) is 4.98 Å². The Balaban J connectivity index is 0.000000258. The third-order valence-electron chi connectivity index (χ3n) is 4.72. The number of nitrogens with zero attached hydrogens (tertiary/aromatic N) is 2. The van der Waals surface area contributed by atoms with Crippen molar-refractivity contribution in [3.63, 3.8) is 0 Å². The molecule has 4 N–H and O–H groups in total. The lowest BCUT2D eigenvalue weighted by Crippen LogP contribution is -2.20. The zero-order chi connectivity index (χ0) is 20.8. The van der Waals surface area contributed by atoms with Crippen LogP contribution in [0.4, 0.5) is 11.5 Å². The maximum absolute atomic E-state index is 9.64. The Bertz CT molecular complexity index is 1010. The summed E-state index contributed by atoms with van der Waals surface area (Å²) in [6.07, 6.45) is 0.385. The van der Waals surface area contributed by atoms with Crippen LogP contribution in [0.1, 0.15) is 24.0 Å². The molecule has 0 aliphatic carbocycles. The Morgan fingerprint density at radius 3 is 2.24 bits per heavy atom. The van der Waals surface area contributed by atoms with Crippen LogP contribution in [0.3, 0.4) is 0 Å². The van der Waals surface area contributed by atoms with E-state index in [-0.39, 0.29) is 12.8 Å². The van der Waals surface area contributed by atoms with E-state index >= 15 is 0 Å². The predicted octanol–water partition coefficient (Wildman–Crippen LogP) is 3.32. The van der Waals surface area contributed by atoms with E-state index in [4.69, 9.17) is 20.9 Å². The van der Waals surface area contributed by atoms with E-state index in [1.165, 1.54) is 11.1 Å². The minimum atomic E-state index is -1.08. The van der Waals surface area contributed by atoms with Gasteiger partial charge in [0.1, 0.15) is 5.82 Å². The molecule has 1 aliphatic heterocycles. The molecule has 2 aromatic carbocycles. The van der Waals surface area contributed by atoms with Crippen LogP contribution in [0.25, 0.3) is 10.9 Å².